The molecule has 0 saturated carbocycles. The van der Waals surface area contributed by atoms with Crippen LogP contribution < -0.4 is 15.0 Å². The minimum atomic E-state index is -0.473. The van der Waals surface area contributed by atoms with Crippen molar-refractivity contribution in [3.63, 3.8) is 0 Å². The summed E-state index contributed by atoms with van der Waals surface area (Å²) in [5.41, 5.74) is 4.56. The summed E-state index contributed by atoms with van der Waals surface area (Å²) in [5, 5.41) is 12.2. The third-order valence-electron chi connectivity index (χ3n) is 5.29. The molecule has 4 rings (SSSR count). The molecular weight excluding hydrogens is 402 g/mol. The summed E-state index contributed by atoms with van der Waals surface area (Å²) in [6.07, 6.45) is 0. The van der Waals surface area contributed by atoms with E-state index in [1.165, 1.54) is 0 Å². The number of nitriles is 1. The van der Waals surface area contributed by atoms with E-state index < -0.39 is 11.8 Å². The van der Waals surface area contributed by atoms with Gasteiger partial charge < -0.3 is 10.1 Å². The highest BCUT2D eigenvalue weighted by Gasteiger charge is 2.40. The van der Waals surface area contributed by atoms with Gasteiger partial charge in [-0.15, -0.1) is 0 Å². The molecule has 1 heterocycles. The number of methoxy groups -OCH3 is 1. The van der Waals surface area contributed by atoms with Crippen molar-refractivity contribution in [1.29, 1.82) is 5.26 Å². The minimum absolute atomic E-state index is 0.173. The smallest absolute Gasteiger partial charge is 0.282 e. The summed E-state index contributed by atoms with van der Waals surface area (Å²) in [7, 11) is 1.55. The Labute approximate surface area is 186 Å². The van der Waals surface area contributed by atoms with E-state index in [1.54, 1.807) is 31.4 Å². The molecular formula is C26H21N3O3. The Bertz CT molecular complexity index is 1280. The number of imide groups is 1. The molecule has 3 aromatic rings. The summed E-state index contributed by atoms with van der Waals surface area (Å²) in [5.74, 6) is -0.347. The summed E-state index contributed by atoms with van der Waals surface area (Å²) in [6.45, 7) is 3.89. The van der Waals surface area contributed by atoms with Crippen molar-refractivity contribution in [1.82, 2.24) is 0 Å². The summed E-state index contributed by atoms with van der Waals surface area (Å²) in [6, 6.07) is 21.4. The van der Waals surface area contributed by atoms with E-state index in [-0.39, 0.29) is 11.3 Å². The second kappa shape index (κ2) is 8.40. The molecule has 6 nitrogen and oxygen atoms in total. The zero-order valence-corrected chi connectivity index (χ0v) is 18.0. The molecule has 0 radical (unpaired) electrons. The van der Waals surface area contributed by atoms with Crippen LogP contribution in [0.15, 0.2) is 72.4 Å². The standard InChI is InChI=1S/C26H21N3O3/c1-16-4-9-19(10-5-16)23-24(28-21-14-17(2)6-13-22(21)32-3)26(31)29(25(23)30)20-11-7-18(15-27)8-12-20/h4-14,28H,1-3H3. The number of hydrogen-bond acceptors (Lipinski definition) is 5. The van der Waals surface area contributed by atoms with Crippen molar-refractivity contribution in [3.8, 4) is 11.8 Å². The van der Waals surface area contributed by atoms with E-state index in [0.29, 0.717) is 28.3 Å². The van der Waals surface area contributed by atoms with Crippen molar-refractivity contribution in [2.24, 2.45) is 0 Å². The van der Waals surface area contributed by atoms with Crippen molar-refractivity contribution >= 4 is 28.8 Å². The molecule has 0 atom stereocenters. The first-order chi connectivity index (χ1) is 15.4. The average Bonchev–Trinajstić information content (AvgIpc) is 3.04. The van der Waals surface area contributed by atoms with Crippen LogP contribution in [-0.2, 0) is 9.59 Å². The first kappa shape index (κ1) is 20.9. The molecule has 0 fully saturated rings. The van der Waals surface area contributed by atoms with Gasteiger partial charge in [0.25, 0.3) is 11.8 Å². The number of amides is 2. The predicted octanol–water partition coefficient (Wildman–Crippen LogP) is 4.58. The van der Waals surface area contributed by atoms with Gasteiger partial charge in [0, 0.05) is 0 Å². The van der Waals surface area contributed by atoms with Crippen LogP contribution in [0.2, 0.25) is 0 Å². The number of aryl methyl sites for hydroxylation is 2. The zero-order chi connectivity index (χ0) is 22.8. The van der Waals surface area contributed by atoms with Gasteiger partial charge in [0.15, 0.2) is 0 Å². The number of nitrogens with zero attached hydrogens (tertiary/aromatic N) is 2. The Morgan fingerprint density at radius 1 is 0.875 bits per heavy atom. The summed E-state index contributed by atoms with van der Waals surface area (Å²) >= 11 is 0. The number of anilines is 2. The van der Waals surface area contributed by atoms with Crippen LogP contribution in [0, 0.1) is 25.2 Å². The van der Waals surface area contributed by atoms with Gasteiger partial charge in [-0.2, -0.15) is 5.26 Å². The van der Waals surface area contributed by atoms with Gasteiger partial charge in [-0.3, -0.25) is 9.59 Å². The zero-order valence-electron chi connectivity index (χ0n) is 18.0. The molecule has 0 spiro atoms. The van der Waals surface area contributed by atoms with E-state index in [9.17, 15) is 9.59 Å². The fourth-order valence-electron chi connectivity index (χ4n) is 3.61. The Morgan fingerprint density at radius 2 is 1.53 bits per heavy atom. The quantitative estimate of drug-likeness (QED) is 0.608. The highest BCUT2D eigenvalue weighted by atomic mass is 16.5. The van der Waals surface area contributed by atoms with E-state index >= 15 is 0 Å². The van der Waals surface area contributed by atoms with E-state index in [2.05, 4.69) is 5.32 Å². The van der Waals surface area contributed by atoms with Gasteiger partial charge in [0.05, 0.1) is 35.7 Å². The Morgan fingerprint density at radius 3 is 2.16 bits per heavy atom. The first-order valence-electron chi connectivity index (χ1n) is 10.0. The number of carbonyl (C=O) groups is 2. The number of ether oxygens (including phenoxy) is 1. The molecule has 3 aromatic carbocycles. The lowest BCUT2D eigenvalue weighted by molar-refractivity contribution is -0.120. The molecule has 0 aliphatic carbocycles. The van der Waals surface area contributed by atoms with Gasteiger partial charge in [-0.25, -0.2) is 4.90 Å². The summed E-state index contributed by atoms with van der Waals surface area (Å²) in [4.78, 5) is 28.1. The van der Waals surface area contributed by atoms with Crippen LogP contribution >= 0.6 is 0 Å². The number of benzene rings is 3. The van der Waals surface area contributed by atoms with E-state index in [0.717, 1.165) is 16.0 Å². The van der Waals surface area contributed by atoms with Crippen LogP contribution in [0.25, 0.3) is 5.57 Å². The lowest BCUT2D eigenvalue weighted by atomic mass is 10.0. The monoisotopic (exact) mass is 423 g/mol. The van der Waals surface area contributed by atoms with Crippen LogP contribution in [0.5, 0.6) is 5.75 Å². The SMILES string of the molecule is COc1ccc(C)cc1NC1=C(c2ccc(C)cc2)C(=O)N(c2ccc(C#N)cc2)C1=O. The first-order valence-corrected chi connectivity index (χ1v) is 10.0. The molecule has 1 aliphatic heterocycles. The number of rotatable bonds is 5. The second-order valence-electron chi connectivity index (χ2n) is 7.55. The molecule has 32 heavy (non-hydrogen) atoms. The third-order valence-corrected chi connectivity index (χ3v) is 5.29. The van der Waals surface area contributed by atoms with Crippen molar-refractivity contribution in [3.05, 3.63) is 94.7 Å². The Hall–Kier alpha value is -4.37. The molecule has 0 saturated heterocycles. The van der Waals surface area contributed by atoms with Crippen LogP contribution in [0.3, 0.4) is 0 Å². The topological polar surface area (TPSA) is 82.4 Å². The van der Waals surface area contributed by atoms with Gasteiger partial charge in [0.2, 0.25) is 0 Å². The molecule has 158 valence electrons. The number of hydrogen-bond donors (Lipinski definition) is 1. The van der Waals surface area contributed by atoms with Crippen molar-refractivity contribution in [2.45, 2.75) is 13.8 Å². The Kier molecular flexibility index (Phi) is 5.48. The Balaban J connectivity index is 1.84. The fourth-order valence-corrected chi connectivity index (χ4v) is 3.61. The number of nitrogens with one attached hydrogen (secondary N) is 1. The summed E-state index contributed by atoms with van der Waals surface area (Å²) < 4.78 is 5.44. The maximum atomic E-state index is 13.5. The lowest BCUT2D eigenvalue weighted by Crippen LogP contribution is -2.32. The highest BCUT2D eigenvalue weighted by molar-refractivity contribution is 6.46. The van der Waals surface area contributed by atoms with Crippen LogP contribution in [-0.4, -0.2) is 18.9 Å². The van der Waals surface area contributed by atoms with Gasteiger partial charge in [-0.1, -0.05) is 35.9 Å². The highest BCUT2D eigenvalue weighted by Crippen LogP contribution is 2.36. The van der Waals surface area contributed by atoms with Gasteiger partial charge >= 0.3 is 0 Å². The third kappa shape index (κ3) is 3.72. The second-order valence-corrected chi connectivity index (χ2v) is 7.55. The molecule has 1 N–H and O–H groups in total. The molecule has 0 unspecified atom stereocenters. The number of carbonyl (C=O) groups excluding carboxylic acids is 2. The predicted molar refractivity (Wildman–Crippen MR) is 123 cm³/mol. The largest absolute Gasteiger partial charge is 0.495 e. The normalized spacial score (nSPS) is 13.4. The fraction of sp³-hybridized carbons (Fsp3) is 0.115. The van der Waals surface area contributed by atoms with Crippen molar-refractivity contribution < 1.29 is 14.3 Å². The van der Waals surface area contributed by atoms with E-state index in [1.807, 2.05) is 62.4 Å². The van der Waals surface area contributed by atoms with E-state index in [4.69, 9.17) is 10.00 Å². The molecule has 6 heteroatoms. The van der Waals surface area contributed by atoms with Gasteiger partial charge in [-0.05, 0) is 61.4 Å². The maximum absolute atomic E-state index is 13.5. The minimum Gasteiger partial charge on any atom is -0.495 e. The van der Waals surface area contributed by atoms with Crippen LogP contribution in [0.4, 0.5) is 11.4 Å². The molecule has 2 amide bonds. The van der Waals surface area contributed by atoms with Crippen LogP contribution in [0.1, 0.15) is 22.3 Å². The van der Waals surface area contributed by atoms with Gasteiger partial charge in [0.1, 0.15) is 11.4 Å². The molecule has 0 aromatic heterocycles. The molecule has 0 bridgehead atoms. The maximum Gasteiger partial charge on any atom is 0.282 e. The average molecular weight is 423 g/mol. The van der Waals surface area contributed by atoms with Crippen molar-refractivity contribution in [2.75, 3.05) is 17.3 Å². The lowest BCUT2D eigenvalue weighted by Gasteiger charge is -2.16. The molecule has 1 aliphatic rings.